The van der Waals surface area contributed by atoms with Crippen LogP contribution in [0.1, 0.15) is 26.7 Å². The number of fused-ring (bicyclic) bond motifs is 1. The van der Waals surface area contributed by atoms with Crippen LogP contribution in [-0.2, 0) is 0 Å². The fourth-order valence-corrected chi connectivity index (χ4v) is 3.60. The molecule has 0 fully saturated rings. The molecule has 0 unspecified atom stereocenters. The number of hydrogen-bond donors (Lipinski definition) is 0. The SMILES string of the molecule is Cc1noc([C@@H](Br)[C@@H](Br)c2ccc3ccccc3c2)c1[N+](=O)[O-]. The largest absolute Gasteiger partial charge is 0.352 e. The van der Waals surface area contributed by atoms with Crippen molar-refractivity contribution in [3.05, 3.63) is 69.6 Å². The summed E-state index contributed by atoms with van der Waals surface area (Å²) in [4.78, 5) is 10.1. The van der Waals surface area contributed by atoms with Crippen molar-refractivity contribution in [2.45, 2.75) is 16.6 Å². The average molecular weight is 440 g/mol. The van der Waals surface area contributed by atoms with Crippen LogP contribution in [-0.4, -0.2) is 10.1 Å². The van der Waals surface area contributed by atoms with Gasteiger partial charge in [0.1, 0.15) is 0 Å². The number of rotatable bonds is 4. The minimum atomic E-state index is -0.463. The van der Waals surface area contributed by atoms with Gasteiger partial charge in [0.2, 0.25) is 5.76 Å². The molecule has 1 aromatic heterocycles. The normalized spacial score (nSPS) is 13.9. The Morgan fingerprint density at radius 1 is 1.13 bits per heavy atom. The smallest absolute Gasteiger partial charge is 0.335 e. The molecule has 0 bridgehead atoms. The second-order valence-corrected chi connectivity index (χ2v) is 7.12. The minimum absolute atomic E-state index is 0.0860. The van der Waals surface area contributed by atoms with E-state index < -0.39 is 9.75 Å². The minimum Gasteiger partial charge on any atom is -0.352 e. The van der Waals surface area contributed by atoms with E-state index in [9.17, 15) is 10.1 Å². The van der Waals surface area contributed by atoms with Gasteiger partial charge >= 0.3 is 5.69 Å². The lowest BCUT2D eigenvalue weighted by Gasteiger charge is -2.15. The molecule has 0 aliphatic carbocycles. The van der Waals surface area contributed by atoms with Crippen molar-refractivity contribution in [1.29, 1.82) is 0 Å². The van der Waals surface area contributed by atoms with Crippen LogP contribution in [0.3, 0.4) is 0 Å². The maximum atomic E-state index is 11.2. The molecule has 7 heteroatoms. The molecule has 2 atom stereocenters. The van der Waals surface area contributed by atoms with E-state index in [1.807, 2.05) is 36.4 Å². The summed E-state index contributed by atoms with van der Waals surface area (Å²) in [6.45, 7) is 1.56. The molecule has 2 aromatic carbocycles. The third kappa shape index (κ3) is 3.03. The molecule has 3 aromatic rings. The Labute approximate surface area is 149 Å². The molecular formula is C16H12Br2N2O3. The number of halogens is 2. The predicted octanol–water partition coefficient (Wildman–Crippen LogP) is 5.62. The van der Waals surface area contributed by atoms with E-state index >= 15 is 0 Å². The Balaban J connectivity index is 1.98. The molecule has 0 radical (unpaired) electrons. The number of aromatic nitrogens is 1. The molecule has 0 spiro atoms. The molecule has 1 heterocycles. The van der Waals surface area contributed by atoms with Gasteiger partial charge in [-0.15, -0.1) is 0 Å². The van der Waals surface area contributed by atoms with Crippen LogP contribution in [0.5, 0.6) is 0 Å². The van der Waals surface area contributed by atoms with Crippen LogP contribution < -0.4 is 0 Å². The summed E-state index contributed by atoms with van der Waals surface area (Å²) >= 11 is 7.11. The molecule has 0 N–H and O–H groups in total. The van der Waals surface area contributed by atoms with Gasteiger partial charge in [-0.2, -0.15) is 0 Å². The van der Waals surface area contributed by atoms with Crippen molar-refractivity contribution in [2.75, 3.05) is 0 Å². The molecule has 0 amide bonds. The zero-order chi connectivity index (χ0) is 16.6. The first kappa shape index (κ1) is 16.1. The quantitative estimate of drug-likeness (QED) is 0.300. The summed E-state index contributed by atoms with van der Waals surface area (Å²) in [6.07, 6.45) is 0. The molecule has 0 saturated heterocycles. The Kier molecular flexibility index (Phi) is 4.50. The van der Waals surface area contributed by atoms with E-state index in [0.717, 1.165) is 16.3 Å². The monoisotopic (exact) mass is 438 g/mol. The highest BCUT2D eigenvalue weighted by Crippen LogP contribution is 2.46. The molecule has 3 rings (SSSR count). The predicted molar refractivity (Wildman–Crippen MR) is 95.2 cm³/mol. The number of benzene rings is 2. The number of alkyl halides is 2. The summed E-state index contributed by atoms with van der Waals surface area (Å²) in [5, 5.41) is 17.2. The van der Waals surface area contributed by atoms with Gasteiger partial charge in [0.15, 0.2) is 5.69 Å². The van der Waals surface area contributed by atoms with Crippen LogP contribution >= 0.6 is 31.9 Å². The summed E-state index contributed by atoms with van der Waals surface area (Å²) in [7, 11) is 0. The van der Waals surface area contributed by atoms with Crippen molar-refractivity contribution < 1.29 is 9.45 Å². The van der Waals surface area contributed by atoms with Crippen molar-refractivity contribution in [3.8, 4) is 0 Å². The Morgan fingerprint density at radius 2 is 1.83 bits per heavy atom. The standard InChI is InChI=1S/C16H12Br2N2O3/c1-9-15(20(21)22)16(23-19-9)14(18)13(17)12-7-6-10-4-2-3-5-11(10)8-12/h2-8,13-14H,1H3/t13-,14-/m0/s1. The highest BCUT2D eigenvalue weighted by molar-refractivity contribution is 9.12. The van der Waals surface area contributed by atoms with E-state index in [2.05, 4.69) is 43.1 Å². The number of nitrogens with zero attached hydrogens (tertiary/aromatic N) is 2. The summed E-state index contributed by atoms with van der Waals surface area (Å²) in [5.74, 6) is 0.211. The van der Waals surface area contributed by atoms with E-state index in [0.29, 0.717) is 0 Å². The zero-order valence-corrected chi connectivity index (χ0v) is 15.2. The van der Waals surface area contributed by atoms with Gasteiger partial charge in [0, 0.05) is 0 Å². The lowest BCUT2D eigenvalue weighted by Crippen LogP contribution is -2.02. The van der Waals surface area contributed by atoms with E-state index in [1.165, 1.54) is 0 Å². The average Bonchev–Trinajstić information content (AvgIpc) is 2.94. The first-order chi connectivity index (χ1) is 11.0. The molecule has 0 aliphatic heterocycles. The van der Waals surface area contributed by atoms with Gasteiger partial charge in [-0.1, -0.05) is 73.4 Å². The Hall–Kier alpha value is -1.73. The van der Waals surface area contributed by atoms with Gasteiger partial charge in [0.05, 0.1) is 14.6 Å². The highest BCUT2D eigenvalue weighted by atomic mass is 79.9. The van der Waals surface area contributed by atoms with Crippen LogP contribution in [0.2, 0.25) is 0 Å². The molecular weight excluding hydrogens is 428 g/mol. The third-order valence-electron chi connectivity index (χ3n) is 3.64. The molecule has 118 valence electrons. The Bertz CT molecular complexity index is 879. The first-order valence-corrected chi connectivity index (χ1v) is 8.69. The lowest BCUT2D eigenvalue weighted by atomic mass is 10.0. The maximum absolute atomic E-state index is 11.2. The summed E-state index contributed by atoms with van der Waals surface area (Å²) < 4.78 is 5.18. The van der Waals surface area contributed by atoms with Crippen molar-refractivity contribution in [2.24, 2.45) is 0 Å². The van der Waals surface area contributed by atoms with E-state index in [-0.39, 0.29) is 22.0 Å². The second kappa shape index (κ2) is 6.41. The van der Waals surface area contributed by atoms with Crippen molar-refractivity contribution in [1.82, 2.24) is 5.16 Å². The van der Waals surface area contributed by atoms with Gasteiger partial charge in [-0.05, 0) is 29.3 Å². The third-order valence-corrected chi connectivity index (χ3v) is 6.35. The molecule has 5 nitrogen and oxygen atoms in total. The van der Waals surface area contributed by atoms with Gasteiger partial charge in [-0.25, -0.2) is 0 Å². The Morgan fingerprint density at radius 3 is 2.52 bits per heavy atom. The zero-order valence-electron chi connectivity index (χ0n) is 12.1. The van der Waals surface area contributed by atoms with Crippen LogP contribution in [0.15, 0.2) is 47.0 Å². The van der Waals surface area contributed by atoms with Crippen LogP contribution in [0, 0.1) is 17.0 Å². The summed E-state index contributed by atoms with van der Waals surface area (Å²) in [6, 6.07) is 14.1. The highest BCUT2D eigenvalue weighted by Gasteiger charge is 2.33. The maximum Gasteiger partial charge on any atom is 0.335 e. The van der Waals surface area contributed by atoms with Crippen LogP contribution in [0.25, 0.3) is 10.8 Å². The van der Waals surface area contributed by atoms with Crippen LogP contribution in [0.4, 0.5) is 5.69 Å². The van der Waals surface area contributed by atoms with Gasteiger partial charge < -0.3 is 4.52 Å². The fourth-order valence-electron chi connectivity index (χ4n) is 2.47. The summed E-state index contributed by atoms with van der Waals surface area (Å²) in [5.41, 5.74) is 1.18. The number of hydrogen-bond acceptors (Lipinski definition) is 4. The molecule has 23 heavy (non-hydrogen) atoms. The van der Waals surface area contributed by atoms with Crippen molar-refractivity contribution >= 4 is 48.3 Å². The molecule has 0 saturated carbocycles. The van der Waals surface area contributed by atoms with Gasteiger partial charge in [0.25, 0.3) is 0 Å². The first-order valence-electron chi connectivity index (χ1n) is 6.86. The number of aryl methyl sites for hydroxylation is 1. The van der Waals surface area contributed by atoms with Gasteiger partial charge in [-0.3, -0.25) is 10.1 Å². The van der Waals surface area contributed by atoms with E-state index in [4.69, 9.17) is 4.52 Å². The molecule has 0 aliphatic rings. The van der Waals surface area contributed by atoms with E-state index in [1.54, 1.807) is 6.92 Å². The topological polar surface area (TPSA) is 69.2 Å². The number of nitro groups is 1. The van der Waals surface area contributed by atoms with Crippen molar-refractivity contribution in [3.63, 3.8) is 0 Å². The fraction of sp³-hybridized carbons (Fsp3) is 0.188. The lowest BCUT2D eigenvalue weighted by molar-refractivity contribution is -0.386. The second-order valence-electron chi connectivity index (χ2n) is 5.15.